The van der Waals surface area contributed by atoms with Gasteiger partial charge in [0.2, 0.25) is 5.91 Å². The minimum atomic E-state index is -0.429. The normalized spacial score (nSPS) is 18.8. The highest BCUT2D eigenvalue weighted by Gasteiger charge is 2.40. The third kappa shape index (κ3) is 3.22. The lowest BCUT2D eigenvalue weighted by atomic mass is 10.1. The molecule has 0 saturated carbocycles. The topological polar surface area (TPSA) is 74.1 Å². The van der Waals surface area contributed by atoms with E-state index in [1.807, 2.05) is 67.3 Å². The summed E-state index contributed by atoms with van der Waals surface area (Å²) in [4.78, 5) is 35.7. The zero-order valence-corrected chi connectivity index (χ0v) is 16.7. The molecule has 0 spiro atoms. The monoisotopic (exact) mass is 392 g/mol. The van der Waals surface area contributed by atoms with E-state index in [1.54, 1.807) is 6.92 Å². The molecular weight excluding hydrogens is 372 g/mol. The summed E-state index contributed by atoms with van der Waals surface area (Å²) in [6.07, 6.45) is 0. The molecule has 0 bridgehead atoms. The van der Waals surface area contributed by atoms with Crippen LogP contribution in [0.15, 0.2) is 58.5 Å². The Kier molecular flexibility index (Phi) is 4.77. The molecule has 2 atom stereocenters. The fraction of sp³-hybridized carbons (Fsp3) is 0.238. The number of carbonyl (C=O) groups is 2. The van der Waals surface area contributed by atoms with Crippen LogP contribution in [-0.4, -0.2) is 39.0 Å². The van der Waals surface area contributed by atoms with Gasteiger partial charge in [-0.15, -0.1) is 0 Å². The Morgan fingerprint density at radius 3 is 2.64 bits per heavy atom. The van der Waals surface area contributed by atoms with E-state index >= 15 is 0 Å². The van der Waals surface area contributed by atoms with Crippen molar-refractivity contribution in [2.75, 3.05) is 5.32 Å². The standard InChI is InChI=1S/C21H20N4O2S/c1-12-8-4-6-10-16(12)22-20(27)14(3)28-21-23-17-11-7-5-9-15(17)18-24-19(26)13(2)25(18)21/h4-11,13-14H,1-3H3,(H,22,27). The van der Waals surface area contributed by atoms with Crippen LogP contribution in [0.4, 0.5) is 11.4 Å². The molecule has 0 aromatic heterocycles. The Labute approximate surface area is 167 Å². The molecule has 0 radical (unpaired) electrons. The summed E-state index contributed by atoms with van der Waals surface area (Å²) in [5.74, 6) is 0.298. The van der Waals surface area contributed by atoms with Crippen LogP contribution >= 0.6 is 11.8 Å². The fourth-order valence-electron chi connectivity index (χ4n) is 3.15. The minimum absolute atomic E-state index is 0.113. The number of aryl methyl sites for hydroxylation is 1. The summed E-state index contributed by atoms with van der Waals surface area (Å²) >= 11 is 1.33. The van der Waals surface area contributed by atoms with Crippen LogP contribution in [-0.2, 0) is 9.59 Å². The molecule has 1 N–H and O–H groups in total. The summed E-state index contributed by atoms with van der Waals surface area (Å²) in [6.45, 7) is 5.59. The second-order valence-corrected chi connectivity index (χ2v) is 8.10. The second kappa shape index (κ2) is 7.24. The third-order valence-electron chi connectivity index (χ3n) is 4.81. The van der Waals surface area contributed by atoms with Gasteiger partial charge in [-0.2, -0.15) is 4.99 Å². The zero-order chi connectivity index (χ0) is 19.8. The van der Waals surface area contributed by atoms with Crippen molar-refractivity contribution in [3.63, 3.8) is 0 Å². The van der Waals surface area contributed by atoms with Gasteiger partial charge in [0.1, 0.15) is 11.9 Å². The summed E-state index contributed by atoms with van der Waals surface area (Å²) in [7, 11) is 0. The van der Waals surface area contributed by atoms with Crippen molar-refractivity contribution in [1.29, 1.82) is 0 Å². The molecule has 2 aromatic rings. The summed E-state index contributed by atoms with van der Waals surface area (Å²) in [5.41, 5.74) is 3.39. The molecule has 4 rings (SSSR count). The van der Waals surface area contributed by atoms with Crippen LogP contribution in [0.3, 0.4) is 0 Å². The van der Waals surface area contributed by atoms with E-state index in [1.165, 1.54) is 11.8 Å². The molecule has 2 amide bonds. The molecule has 2 aliphatic rings. The van der Waals surface area contributed by atoms with E-state index in [9.17, 15) is 9.59 Å². The van der Waals surface area contributed by atoms with Crippen LogP contribution in [0.1, 0.15) is 25.0 Å². The zero-order valence-electron chi connectivity index (χ0n) is 15.8. The van der Waals surface area contributed by atoms with Crippen molar-refractivity contribution in [2.24, 2.45) is 9.98 Å². The van der Waals surface area contributed by atoms with E-state index in [4.69, 9.17) is 4.99 Å². The van der Waals surface area contributed by atoms with Crippen LogP contribution in [0.25, 0.3) is 0 Å². The molecule has 0 aliphatic carbocycles. The van der Waals surface area contributed by atoms with Gasteiger partial charge in [0, 0.05) is 11.3 Å². The van der Waals surface area contributed by atoms with Gasteiger partial charge in [0.25, 0.3) is 5.91 Å². The molecule has 2 heterocycles. The predicted molar refractivity (Wildman–Crippen MR) is 113 cm³/mol. The maximum atomic E-state index is 12.7. The third-order valence-corrected chi connectivity index (χ3v) is 5.88. The Hall–Kier alpha value is -2.93. The molecule has 28 heavy (non-hydrogen) atoms. The Bertz CT molecular complexity index is 1030. The molecule has 0 saturated heterocycles. The average Bonchev–Trinajstić information content (AvgIpc) is 2.99. The Balaban J connectivity index is 1.59. The summed E-state index contributed by atoms with van der Waals surface area (Å²) < 4.78 is 0. The number of hydrogen-bond acceptors (Lipinski definition) is 5. The minimum Gasteiger partial charge on any atom is -0.325 e. The van der Waals surface area contributed by atoms with Crippen molar-refractivity contribution in [1.82, 2.24) is 4.90 Å². The average molecular weight is 392 g/mol. The van der Waals surface area contributed by atoms with Gasteiger partial charge in [0.05, 0.1) is 10.9 Å². The van der Waals surface area contributed by atoms with Crippen molar-refractivity contribution in [3.05, 3.63) is 59.7 Å². The number of carbonyl (C=O) groups excluding carboxylic acids is 2. The van der Waals surface area contributed by atoms with Gasteiger partial charge < -0.3 is 5.32 Å². The number of nitrogens with one attached hydrogen (secondary N) is 1. The number of nitrogens with zero attached hydrogens (tertiary/aromatic N) is 3. The number of para-hydroxylation sites is 2. The lowest BCUT2D eigenvalue weighted by molar-refractivity contribution is -0.119. The molecule has 0 fully saturated rings. The van der Waals surface area contributed by atoms with E-state index in [2.05, 4.69) is 10.3 Å². The van der Waals surface area contributed by atoms with Crippen molar-refractivity contribution in [3.8, 4) is 0 Å². The first-order chi connectivity index (χ1) is 13.5. The number of amides is 2. The van der Waals surface area contributed by atoms with Gasteiger partial charge in [-0.25, -0.2) is 4.99 Å². The number of anilines is 1. The maximum absolute atomic E-state index is 12.7. The molecule has 2 aliphatic heterocycles. The fourth-order valence-corrected chi connectivity index (χ4v) is 4.14. The van der Waals surface area contributed by atoms with Gasteiger partial charge in [-0.3, -0.25) is 14.5 Å². The summed E-state index contributed by atoms with van der Waals surface area (Å²) in [5, 5.41) is 3.19. The van der Waals surface area contributed by atoms with E-state index in [0.717, 1.165) is 22.5 Å². The number of thioether (sulfide) groups is 1. The Morgan fingerprint density at radius 2 is 1.86 bits per heavy atom. The Morgan fingerprint density at radius 1 is 1.14 bits per heavy atom. The first-order valence-electron chi connectivity index (χ1n) is 9.08. The highest BCUT2D eigenvalue weighted by molar-refractivity contribution is 8.14. The SMILES string of the molecule is Cc1ccccc1NC(=O)C(C)SC1=Nc2ccccc2C2=NC(=O)C(C)N12. The highest BCUT2D eigenvalue weighted by Crippen LogP contribution is 2.35. The highest BCUT2D eigenvalue weighted by atomic mass is 32.2. The van der Waals surface area contributed by atoms with Crippen LogP contribution < -0.4 is 5.32 Å². The first-order valence-corrected chi connectivity index (χ1v) is 9.96. The molecule has 6 nitrogen and oxygen atoms in total. The van der Waals surface area contributed by atoms with Crippen LogP contribution in [0, 0.1) is 6.92 Å². The molecule has 142 valence electrons. The maximum Gasteiger partial charge on any atom is 0.270 e. The molecule has 2 unspecified atom stereocenters. The number of hydrogen-bond donors (Lipinski definition) is 1. The summed E-state index contributed by atoms with van der Waals surface area (Å²) in [6, 6.07) is 14.8. The lowest BCUT2D eigenvalue weighted by Crippen LogP contribution is -2.43. The smallest absolute Gasteiger partial charge is 0.270 e. The quantitative estimate of drug-likeness (QED) is 0.864. The van der Waals surface area contributed by atoms with Crippen molar-refractivity contribution >= 4 is 46.0 Å². The number of fused-ring (bicyclic) bond motifs is 3. The van der Waals surface area contributed by atoms with Gasteiger partial charge in [-0.05, 0) is 44.5 Å². The molecule has 2 aromatic carbocycles. The number of amidine groups is 2. The molecule has 7 heteroatoms. The van der Waals surface area contributed by atoms with E-state index in [-0.39, 0.29) is 11.8 Å². The van der Waals surface area contributed by atoms with Gasteiger partial charge in [-0.1, -0.05) is 42.1 Å². The second-order valence-electron chi connectivity index (χ2n) is 6.80. The van der Waals surface area contributed by atoms with Crippen molar-refractivity contribution in [2.45, 2.75) is 32.1 Å². The number of benzene rings is 2. The molecular formula is C21H20N4O2S. The largest absolute Gasteiger partial charge is 0.325 e. The number of aliphatic imine (C=N–C) groups is 2. The van der Waals surface area contributed by atoms with E-state index < -0.39 is 11.3 Å². The van der Waals surface area contributed by atoms with Crippen molar-refractivity contribution < 1.29 is 9.59 Å². The first kappa shape index (κ1) is 18.4. The van der Waals surface area contributed by atoms with E-state index in [0.29, 0.717) is 11.0 Å². The van der Waals surface area contributed by atoms with Gasteiger partial charge >= 0.3 is 0 Å². The predicted octanol–water partition coefficient (Wildman–Crippen LogP) is 3.73. The lowest BCUT2D eigenvalue weighted by Gasteiger charge is -2.30. The van der Waals surface area contributed by atoms with Gasteiger partial charge in [0.15, 0.2) is 5.17 Å². The number of rotatable bonds is 3. The van der Waals surface area contributed by atoms with Crippen LogP contribution in [0.5, 0.6) is 0 Å². The van der Waals surface area contributed by atoms with Crippen LogP contribution in [0.2, 0.25) is 0 Å².